The molecule has 3 aliphatic heterocycles. The number of anilines is 1. The molecule has 0 radical (unpaired) electrons. The number of allylic oxidation sites excluding steroid dienone is 7. The monoisotopic (exact) mass is 1110 g/mol. The average molecular weight is 1110 g/mol. The van der Waals surface area contributed by atoms with Crippen LogP contribution in [-0.4, -0.2) is 118 Å². The summed E-state index contributed by atoms with van der Waals surface area (Å²) in [6, 6.07) is 15.8. The number of imide groups is 1. The van der Waals surface area contributed by atoms with Crippen LogP contribution in [0, 0.1) is 0 Å². The fourth-order valence-electron chi connectivity index (χ4n) is 9.37. The molecule has 4 aliphatic rings. The van der Waals surface area contributed by atoms with Crippen molar-refractivity contribution < 1.29 is 88.2 Å². The first-order chi connectivity index (χ1) is 36.1. The molecule has 7 rings (SSSR count). The molecule has 1 fully saturated rings. The summed E-state index contributed by atoms with van der Waals surface area (Å²) in [5.41, 5.74) is 4.35. The van der Waals surface area contributed by atoms with Crippen molar-refractivity contribution in [1.29, 1.82) is 0 Å². The summed E-state index contributed by atoms with van der Waals surface area (Å²) >= 11 is 0.877. The smallest absolute Gasteiger partial charge is 0.333 e. The largest absolute Gasteiger partial charge is 0.457 e. The van der Waals surface area contributed by atoms with Crippen molar-refractivity contribution in [2.24, 2.45) is 0 Å². The predicted molar refractivity (Wildman–Crippen MR) is 275 cm³/mol. The lowest BCUT2D eigenvalue weighted by molar-refractivity contribution is -0.432. The topological polar surface area (TPSA) is 264 Å². The lowest BCUT2D eigenvalue weighted by Crippen LogP contribution is -2.31. The van der Waals surface area contributed by atoms with Gasteiger partial charge in [0.1, 0.15) is 28.3 Å². The Kier molecular flexibility index (Phi) is 19.3. The van der Waals surface area contributed by atoms with E-state index in [1.807, 2.05) is 68.0 Å². The first-order valence-electron chi connectivity index (χ1n) is 24.5. The van der Waals surface area contributed by atoms with E-state index in [0.29, 0.717) is 66.7 Å². The van der Waals surface area contributed by atoms with Gasteiger partial charge < -0.3 is 23.8 Å². The maximum absolute atomic E-state index is 12.9. The molecule has 24 heteroatoms. The van der Waals surface area contributed by atoms with Gasteiger partial charge in [0.2, 0.25) is 5.69 Å². The van der Waals surface area contributed by atoms with Crippen molar-refractivity contribution in [2.45, 2.75) is 105 Å². The second-order valence-corrected chi connectivity index (χ2v) is 22.6. The van der Waals surface area contributed by atoms with Crippen LogP contribution in [0.2, 0.25) is 0 Å². The van der Waals surface area contributed by atoms with Gasteiger partial charge in [-0.15, -0.1) is 9.40 Å². The van der Waals surface area contributed by atoms with E-state index in [-0.39, 0.29) is 67.8 Å². The van der Waals surface area contributed by atoms with Crippen LogP contribution >= 0.6 is 12.0 Å². The summed E-state index contributed by atoms with van der Waals surface area (Å²) in [6.45, 7) is 9.48. The number of carbonyl (C=O) groups is 3. The molecule has 0 spiro atoms. The first-order valence-corrected chi connectivity index (χ1v) is 28.1. The van der Waals surface area contributed by atoms with E-state index in [1.165, 1.54) is 35.4 Å². The molecule has 3 aromatic rings. The molecule has 3 heterocycles. The highest BCUT2D eigenvalue weighted by molar-refractivity contribution is 7.94. The van der Waals surface area contributed by atoms with Crippen molar-refractivity contribution in [3.63, 3.8) is 0 Å². The average Bonchev–Trinajstić information content (AvgIpc) is 3.96. The van der Waals surface area contributed by atoms with Crippen LogP contribution < -0.4 is 9.80 Å². The Morgan fingerprint density at radius 3 is 2.04 bits per heavy atom. The number of hydroxylamine groups is 3. The number of hydrogen-bond donors (Lipinski definition) is 3. The van der Waals surface area contributed by atoms with Gasteiger partial charge in [-0.05, 0) is 111 Å². The van der Waals surface area contributed by atoms with Crippen molar-refractivity contribution in [2.75, 3.05) is 58.4 Å². The molecule has 1 saturated heterocycles. The van der Waals surface area contributed by atoms with E-state index in [2.05, 4.69) is 18.9 Å². The number of amides is 2. The van der Waals surface area contributed by atoms with Crippen molar-refractivity contribution >= 4 is 67.1 Å². The molecule has 0 bridgehead atoms. The first kappa shape index (κ1) is 58.1. The van der Waals surface area contributed by atoms with Gasteiger partial charge >= 0.3 is 5.97 Å². The molecule has 0 aromatic heterocycles. The Morgan fingerprint density at radius 1 is 0.737 bits per heavy atom. The number of rotatable bonds is 26. The highest BCUT2D eigenvalue weighted by Crippen LogP contribution is 2.51. The second-order valence-electron chi connectivity index (χ2n) is 19.0. The molecule has 0 unspecified atom stereocenters. The van der Waals surface area contributed by atoms with Crippen molar-refractivity contribution in [3.05, 3.63) is 119 Å². The number of nitrogens with zero attached hydrogens (tertiary/aromatic N) is 3. The van der Waals surface area contributed by atoms with Crippen LogP contribution in [0.15, 0.2) is 122 Å². The molecular weight excluding hydrogens is 1050 g/mol. The third kappa shape index (κ3) is 13.7. The summed E-state index contributed by atoms with van der Waals surface area (Å²) in [4.78, 5) is 46.5. The number of unbranched alkanes of at least 4 members (excludes halogenated alkanes) is 1. The Hall–Kier alpha value is -5.61. The van der Waals surface area contributed by atoms with Crippen LogP contribution in [0.1, 0.15) is 90.2 Å². The Bertz CT molecular complexity index is 3040. The summed E-state index contributed by atoms with van der Waals surface area (Å²) < 4.78 is 100. The molecule has 21 nitrogen and oxygen atoms in total. The predicted octanol–water partition coefficient (Wildman–Crippen LogP) is 8.05. The minimum atomic E-state index is -4.73. The second kappa shape index (κ2) is 25.2. The number of fused-ring (bicyclic) bond motifs is 2. The summed E-state index contributed by atoms with van der Waals surface area (Å²) in [6.07, 6.45) is 10.7. The number of para-hydroxylation sites is 2. The van der Waals surface area contributed by atoms with Crippen molar-refractivity contribution in [3.8, 4) is 5.75 Å². The molecule has 3 N–H and O–H groups in total. The van der Waals surface area contributed by atoms with Crippen LogP contribution in [0.25, 0.3) is 0 Å². The Labute approximate surface area is 445 Å². The number of benzene rings is 3. The van der Waals surface area contributed by atoms with Gasteiger partial charge in [-0.3, -0.25) is 23.5 Å². The van der Waals surface area contributed by atoms with E-state index in [1.54, 1.807) is 12.1 Å². The summed E-state index contributed by atoms with van der Waals surface area (Å²) in [5, 5.41) is 14.7. The zero-order chi connectivity index (χ0) is 54.8. The summed E-state index contributed by atoms with van der Waals surface area (Å²) in [5.74, 6) is -0.912. The SMILES string of the molecule is C[N+]1=C(/C=C/C2=C(Oc3ccc(S(=O)(=O)O)cc3)C(=C/C=C3/N(OCCOCCOCCOCCCCC(=O)ON4C(=O)CCC4=O)c4c(cccc4S(=O)(=O)O)C3(C)C)/CCC2)C(C)(C)c2cccc(SOOO)c21. The highest BCUT2D eigenvalue weighted by atomic mass is 32.2. The minimum Gasteiger partial charge on any atom is -0.457 e. The van der Waals surface area contributed by atoms with Gasteiger partial charge in [0.15, 0.2) is 5.71 Å². The third-order valence-electron chi connectivity index (χ3n) is 13.2. The number of hydrogen-bond acceptors (Lipinski definition) is 18. The van der Waals surface area contributed by atoms with Crippen LogP contribution in [0.5, 0.6) is 5.75 Å². The number of ether oxygens (including phenoxy) is 4. The highest BCUT2D eigenvalue weighted by Gasteiger charge is 2.46. The van der Waals surface area contributed by atoms with E-state index in [0.717, 1.165) is 51.5 Å². The lowest BCUT2D eigenvalue weighted by Gasteiger charge is -2.27. The quantitative estimate of drug-likeness (QED) is 0.0130. The van der Waals surface area contributed by atoms with Gasteiger partial charge in [0.25, 0.3) is 32.1 Å². The molecule has 76 heavy (non-hydrogen) atoms. The molecule has 0 atom stereocenters. The molecule has 410 valence electrons. The van der Waals surface area contributed by atoms with Crippen LogP contribution in [0.4, 0.5) is 11.4 Å². The number of carbonyl (C=O) groups excluding carboxylic acids is 3. The standard InChI is InChI=1S/C52H61N3O18S3/c1-51(2)39-13-9-15-41(74-73-72-59)48(39)53(5)43(51)24-18-35-11-8-12-36(50(35)70-37-20-22-38(23-21-37)75(60,61)62)19-25-44-52(3,4)40-14-10-16-42(76(63,64)65)49(40)54(44)69-34-33-68-32-31-67-30-29-66-28-7-6-17-47(58)71-55-45(56)26-27-46(55)57/h9-10,13-16,18-25H,6-8,11-12,17,26-34H2,1-5H3,(H2-,59,60,61,62,63,64,65)/p+1. The minimum absolute atomic E-state index is 0.0246. The molecule has 3 aromatic carbocycles. The van der Waals surface area contributed by atoms with E-state index < -0.39 is 48.8 Å². The maximum atomic E-state index is 12.9. The summed E-state index contributed by atoms with van der Waals surface area (Å²) in [7, 11) is -7.27. The zero-order valence-electron chi connectivity index (χ0n) is 42.7. The van der Waals surface area contributed by atoms with Gasteiger partial charge in [-0.1, -0.05) is 49.2 Å². The zero-order valence-corrected chi connectivity index (χ0v) is 45.2. The van der Waals surface area contributed by atoms with E-state index in [4.69, 9.17) is 38.2 Å². The Balaban J connectivity index is 1.05. The van der Waals surface area contributed by atoms with E-state index >= 15 is 0 Å². The van der Waals surface area contributed by atoms with Gasteiger partial charge in [0, 0.05) is 42.9 Å². The normalized spacial score (nSPS) is 18.5. The maximum Gasteiger partial charge on any atom is 0.333 e. The van der Waals surface area contributed by atoms with Gasteiger partial charge in [0.05, 0.1) is 73.4 Å². The van der Waals surface area contributed by atoms with Crippen LogP contribution in [0.3, 0.4) is 0 Å². The molecular formula is C52H62N3O18S3+. The molecule has 1 aliphatic carbocycles. The van der Waals surface area contributed by atoms with Crippen LogP contribution in [-0.2, 0) is 78.7 Å². The Morgan fingerprint density at radius 2 is 1.38 bits per heavy atom. The fraction of sp³-hybridized carbons (Fsp3) is 0.423. The van der Waals surface area contributed by atoms with Gasteiger partial charge in [-0.2, -0.15) is 21.4 Å². The third-order valence-corrected chi connectivity index (χ3v) is 15.6. The molecule has 0 saturated carbocycles. The van der Waals surface area contributed by atoms with E-state index in [9.17, 15) is 40.3 Å². The molecule has 2 amide bonds. The fourth-order valence-corrected chi connectivity index (χ4v) is 11.1. The lowest BCUT2D eigenvalue weighted by atomic mass is 9.81. The van der Waals surface area contributed by atoms with Crippen molar-refractivity contribution in [1.82, 2.24) is 5.06 Å². The van der Waals surface area contributed by atoms with Gasteiger partial charge in [-0.25, -0.2) is 15.1 Å².